The van der Waals surface area contributed by atoms with Gasteiger partial charge in [0.05, 0.1) is 29.8 Å². The molecule has 1 aromatic heterocycles. The van der Waals surface area contributed by atoms with E-state index in [1.54, 1.807) is 16.2 Å². The number of piperazine rings is 1. The number of nitrogens with zero attached hydrogens (tertiary/aromatic N) is 4. The quantitative estimate of drug-likeness (QED) is 0.316. The van der Waals surface area contributed by atoms with Crippen LogP contribution in [0.2, 0.25) is 0 Å². The van der Waals surface area contributed by atoms with Gasteiger partial charge in [-0.25, -0.2) is 4.79 Å². The first-order valence-electron chi connectivity index (χ1n) is 13.4. The minimum atomic E-state index is -0.232. The number of hydrogen-bond acceptors (Lipinski definition) is 5. The molecule has 2 aliphatic heterocycles. The van der Waals surface area contributed by atoms with Crippen LogP contribution in [0.4, 0.5) is 0 Å². The van der Waals surface area contributed by atoms with Gasteiger partial charge in [-0.1, -0.05) is 65.1 Å². The summed E-state index contributed by atoms with van der Waals surface area (Å²) >= 11 is 2.09. The van der Waals surface area contributed by atoms with Gasteiger partial charge in [0.25, 0.3) is 5.91 Å². The van der Waals surface area contributed by atoms with Crippen molar-refractivity contribution in [3.05, 3.63) is 76.3 Å². The van der Waals surface area contributed by atoms with Crippen molar-refractivity contribution in [2.45, 2.75) is 25.4 Å². The third kappa shape index (κ3) is 5.76. The number of rotatable bonds is 7. The predicted octanol–water partition coefficient (Wildman–Crippen LogP) is 3.02. The molecule has 39 heavy (non-hydrogen) atoms. The fourth-order valence-electron chi connectivity index (χ4n) is 5.58. The second-order valence-corrected chi connectivity index (χ2v) is 10.7. The van der Waals surface area contributed by atoms with Crippen molar-refractivity contribution < 1.29 is 14.3 Å². The van der Waals surface area contributed by atoms with Crippen molar-refractivity contribution in [2.24, 2.45) is 0 Å². The van der Waals surface area contributed by atoms with Crippen LogP contribution < -0.4 is 15.7 Å². The van der Waals surface area contributed by atoms with Crippen molar-refractivity contribution in [1.82, 2.24) is 24.3 Å². The first kappa shape index (κ1) is 27.4. The molecule has 0 saturated carbocycles. The molecular formula is C29H34IN5O4. The maximum atomic E-state index is 14.4. The summed E-state index contributed by atoms with van der Waals surface area (Å²) in [7, 11) is 1.61. The van der Waals surface area contributed by atoms with Gasteiger partial charge >= 0.3 is 5.69 Å². The maximum absolute atomic E-state index is 14.4. The highest BCUT2D eigenvalue weighted by molar-refractivity contribution is 14.1. The van der Waals surface area contributed by atoms with Crippen LogP contribution in [-0.2, 0) is 11.3 Å². The molecule has 2 aliphatic rings. The second kappa shape index (κ2) is 12.4. The largest absolute Gasteiger partial charge is 0.497 e. The lowest BCUT2D eigenvalue weighted by atomic mass is 10.0. The predicted molar refractivity (Wildman–Crippen MR) is 159 cm³/mol. The standard InChI is InChI=1S/C29H34IN5O4/c1-39-24-11-5-7-21(17-24)19-34-27(28(37)32-15-12-31-13-16-32)26(22-8-3-2-4-9-22)35(29(34)38)23-10-6-14-33(20-23)25(36)18-30/h2-5,7-9,11,17,23,31H,6,10,12-16,18-20H2,1H3. The average molecular weight is 644 g/mol. The molecule has 10 heteroatoms. The van der Waals surface area contributed by atoms with Gasteiger partial charge in [0.15, 0.2) is 0 Å². The Morgan fingerprint density at radius 1 is 1.03 bits per heavy atom. The molecule has 2 aromatic carbocycles. The molecule has 206 valence electrons. The highest BCUT2D eigenvalue weighted by atomic mass is 127. The van der Waals surface area contributed by atoms with Gasteiger partial charge in [-0.15, -0.1) is 0 Å². The van der Waals surface area contributed by atoms with E-state index in [0.29, 0.717) is 60.8 Å². The number of hydrogen-bond donors (Lipinski definition) is 1. The number of likely N-dealkylation sites (tertiary alicyclic amines) is 1. The summed E-state index contributed by atoms with van der Waals surface area (Å²) in [5.74, 6) is 0.617. The smallest absolute Gasteiger partial charge is 0.329 e. The zero-order chi connectivity index (χ0) is 27.4. The van der Waals surface area contributed by atoms with Crippen LogP contribution in [0.15, 0.2) is 59.4 Å². The van der Waals surface area contributed by atoms with Crippen LogP contribution in [0.5, 0.6) is 5.75 Å². The summed E-state index contributed by atoms with van der Waals surface area (Å²) in [6.07, 6.45) is 1.56. The number of halogens is 1. The number of amides is 2. The minimum Gasteiger partial charge on any atom is -0.497 e. The van der Waals surface area contributed by atoms with E-state index in [0.717, 1.165) is 24.0 Å². The zero-order valence-corrected chi connectivity index (χ0v) is 24.3. The summed E-state index contributed by atoms with van der Waals surface area (Å²) in [6.45, 7) is 3.95. The Morgan fingerprint density at radius 3 is 2.51 bits per heavy atom. The topological polar surface area (TPSA) is 88.8 Å². The first-order valence-corrected chi connectivity index (χ1v) is 14.9. The number of piperidine rings is 1. The first-order chi connectivity index (χ1) is 19.0. The average Bonchev–Trinajstić information content (AvgIpc) is 3.28. The van der Waals surface area contributed by atoms with Gasteiger partial charge in [-0.05, 0) is 30.5 Å². The Labute approximate surface area is 241 Å². The third-order valence-electron chi connectivity index (χ3n) is 7.53. The number of ether oxygens (including phenoxy) is 1. The molecule has 5 rings (SSSR count). The van der Waals surface area contributed by atoms with Crippen molar-refractivity contribution in [3.8, 4) is 17.0 Å². The number of carbonyl (C=O) groups is 2. The Hall–Kier alpha value is -3.12. The van der Waals surface area contributed by atoms with E-state index in [1.165, 1.54) is 0 Å². The number of alkyl halides is 1. The van der Waals surface area contributed by atoms with Crippen molar-refractivity contribution in [3.63, 3.8) is 0 Å². The molecule has 1 atom stereocenters. The van der Waals surface area contributed by atoms with Crippen LogP contribution >= 0.6 is 22.6 Å². The number of aromatic nitrogens is 2. The lowest BCUT2D eigenvalue weighted by molar-refractivity contribution is -0.129. The molecule has 9 nitrogen and oxygen atoms in total. The van der Waals surface area contributed by atoms with Gasteiger partial charge < -0.3 is 19.9 Å². The summed E-state index contributed by atoms with van der Waals surface area (Å²) in [5.41, 5.74) is 2.47. The highest BCUT2D eigenvalue weighted by Crippen LogP contribution is 2.32. The van der Waals surface area contributed by atoms with Crippen LogP contribution in [0, 0.1) is 0 Å². The number of imidazole rings is 1. The van der Waals surface area contributed by atoms with Gasteiger partial charge in [0, 0.05) is 44.8 Å². The SMILES string of the molecule is COc1cccc(Cn2c(C(=O)N3CCNCC3)c(-c3ccccc3)n(C3CCCN(C(=O)CI)C3)c2=O)c1. The molecule has 3 aromatic rings. The lowest BCUT2D eigenvalue weighted by Gasteiger charge is -2.33. The molecule has 2 saturated heterocycles. The molecule has 0 spiro atoms. The number of methoxy groups -OCH3 is 1. The molecular weight excluding hydrogens is 609 g/mol. The fourth-order valence-corrected chi connectivity index (χ4v) is 6.07. The Balaban J connectivity index is 1.70. The maximum Gasteiger partial charge on any atom is 0.329 e. The number of nitrogens with one attached hydrogen (secondary N) is 1. The summed E-state index contributed by atoms with van der Waals surface area (Å²) in [4.78, 5) is 44.9. The molecule has 1 N–H and O–H groups in total. The van der Waals surface area contributed by atoms with E-state index in [1.807, 2.05) is 64.4 Å². The van der Waals surface area contributed by atoms with Gasteiger partial charge in [-0.2, -0.15) is 0 Å². The molecule has 1 unspecified atom stereocenters. The molecule has 0 aliphatic carbocycles. The Kier molecular flexibility index (Phi) is 8.71. The van der Waals surface area contributed by atoms with E-state index >= 15 is 0 Å². The van der Waals surface area contributed by atoms with Crippen LogP contribution in [0.25, 0.3) is 11.3 Å². The van der Waals surface area contributed by atoms with E-state index in [2.05, 4.69) is 27.9 Å². The zero-order valence-electron chi connectivity index (χ0n) is 22.1. The summed E-state index contributed by atoms with van der Waals surface area (Å²) < 4.78 is 9.23. The van der Waals surface area contributed by atoms with Gasteiger partial charge in [0.2, 0.25) is 5.91 Å². The van der Waals surface area contributed by atoms with E-state index in [4.69, 9.17) is 4.74 Å². The third-order valence-corrected chi connectivity index (χ3v) is 8.18. The summed E-state index contributed by atoms with van der Waals surface area (Å²) in [5, 5.41) is 3.30. The van der Waals surface area contributed by atoms with Gasteiger partial charge in [0.1, 0.15) is 11.4 Å². The highest BCUT2D eigenvalue weighted by Gasteiger charge is 2.34. The second-order valence-electron chi connectivity index (χ2n) is 9.97. The van der Waals surface area contributed by atoms with Crippen LogP contribution in [0.3, 0.4) is 0 Å². The number of carbonyl (C=O) groups excluding carboxylic acids is 2. The van der Waals surface area contributed by atoms with Crippen LogP contribution in [-0.4, -0.2) is 81.6 Å². The molecule has 0 radical (unpaired) electrons. The fraction of sp³-hybridized carbons (Fsp3) is 0.414. The molecule has 2 amide bonds. The Morgan fingerprint density at radius 2 is 1.79 bits per heavy atom. The van der Waals surface area contributed by atoms with E-state index in [-0.39, 0.29) is 30.1 Å². The molecule has 2 fully saturated rings. The van der Waals surface area contributed by atoms with Crippen LogP contribution in [0.1, 0.15) is 34.9 Å². The molecule has 0 bridgehead atoms. The van der Waals surface area contributed by atoms with Crippen molar-refractivity contribution in [2.75, 3.05) is 50.8 Å². The minimum absolute atomic E-state index is 0.0718. The monoisotopic (exact) mass is 643 g/mol. The van der Waals surface area contributed by atoms with Crippen molar-refractivity contribution >= 4 is 34.4 Å². The van der Waals surface area contributed by atoms with Gasteiger partial charge in [-0.3, -0.25) is 18.7 Å². The van der Waals surface area contributed by atoms with E-state index < -0.39 is 0 Å². The summed E-state index contributed by atoms with van der Waals surface area (Å²) in [6, 6.07) is 17.0. The molecule has 3 heterocycles. The van der Waals surface area contributed by atoms with Crippen molar-refractivity contribution in [1.29, 1.82) is 0 Å². The normalized spacial score (nSPS) is 17.7. The van der Waals surface area contributed by atoms with E-state index in [9.17, 15) is 14.4 Å². The number of benzene rings is 2. The Bertz CT molecular complexity index is 1380. The lowest BCUT2D eigenvalue weighted by Crippen LogP contribution is -2.47.